The molecule has 171 valence electrons. The van der Waals surface area contributed by atoms with Gasteiger partial charge in [0.2, 0.25) is 0 Å². The van der Waals surface area contributed by atoms with E-state index in [4.69, 9.17) is 17.0 Å². The van der Waals surface area contributed by atoms with Gasteiger partial charge in [-0.3, -0.25) is 0 Å². The van der Waals surface area contributed by atoms with Gasteiger partial charge in [-0.15, -0.1) is 0 Å². The first-order valence-corrected chi connectivity index (χ1v) is 28.9. The van der Waals surface area contributed by atoms with Crippen molar-refractivity contribution >= 4 is 22.9 Å². The van der Waals surface area contributed by atoms with Crippen molar-refractivity contribution in [1.82, 2.24) is 0 Å². The Kier molecular flexibility index (Phi) is 10.5. The Balaban J connectivity index is 2.54. The number of hydrogen-bond donors (Lipinski definition) is 0. The first kappa shape index (κ1) is 26.9. The zero-order chi connectivity index (χ0) is 22.4. The van der Waals surface area contributed by atoms with Crippen LogP contribution in [-0.2, 0) is 15.6 Å². The molecule has 0 saturated carbocycles. The number of unbranched alkanes of at least 4 members (excludes halogenated alkanes) is 2. The van der Waals surface area contributed by atoms with Crippen molar-refractivity contribution in [3.05, 3.63) is 46.6 Å². The molecule has 0 bridgehead atoms. The quantitative estimate of drug-likeness (QED) is 0.201. The summed E-state index contributed by atoms with van der Waals surface area (Å²) in [6.07, 6.45) is 22.1. The minimum atomic E-state index is -4.19. The summed E-state index contributed by atoms with van der Waals surface area (Å²) in [7, 11) is 16.1. The van der Waals surface area contributed by atoms with E-state index < -0.39 is 21.5 Å². The van der Waals surface area contributed by atoms with Crippen molar-refractivity contribution in [1.29, 1.82) is 0 Å². The van der Waals surface area contributed by atoms with Crippen LogP contribution in [0.1, 0.15) is 91.9 Å². The third-order valence-corrected chi connectivity index (χ3v) is 59.6. The van der Waals surface area contributed by atoms with Crippen molar-refractivity contribution in [2.75, 3.05) is 0 Å². The molecule has 0 aromatic carbocycles. The monoisotopic (exact) mass is 545 g/mol. The number of hydrogen-bond acceptors (Lipinski definition) is 0. The molecule has 0 N–H and O–H groups in total. The summed E-state index contributed by atoms with van der Waals surface area (Å²) in [6.45, 7) is 14.1. The van der Waals surface area contributed by atoms with Gasteiger partial charge in [0.15, 0.2) is 0 Å². The third-order valence-electron chi connectivity index (χ3n) is 7.31. The Hall–Kier alpha value is 0.640. The van der Waals surface area contributed by atoms with Crippen molar-refractivity contribution in [2.45, 2.75) is 112 Å². The Morgan fingerprint density at radius 2 is 1.10 bits per heavy atom. The second-order valence-electron chi connectivity index (χ2n) is 9.96. The summed E-state index contributed by atoms with van der Waals surface area (Å²) >= 11 is -4.19. The summed E-state index contributed by atoms with van der Waals surface area (Å²) < 4.78 is 0.695. The van der Waals surface area contributed by atoms with Crippen LogP contribution in [0.5, 0.6) is 0 Å². The second kappa shape index (κ2) is 11.7. The van der Waals surface area contributed by atoms with Gasteiger partial charge >= 0.3 is 197 Å². The van der Waals surface area contributed by atoms with Gasteiger partial charge in [-0.25, -0.2) is 0 Å². The molecule has 30 heavy (non-hydrogen) atoms. The summed E-state index contributed by atoms with van der Waals surface area (Å²) in [5.41, 5.74) is 6.14. The summed E-state index contributed by atoms with van der Waals surface area (Å²) in [5, 5.41) is 0. The van der Waals surface area contributed by atoms with Gasteiger partial charge < -0.3 is 0 Å². The standard InChI is InChI=1S/2C12H19.C2H7Si.2ClH.Zr/c2*1-3-5-7-12-9-8-11(10-12)6-4-2;1-3-2;;;/h2*8-10H,3-7H2,1-2H3;3H,1-2H3;2*1H;/q;;;;;+2/p-2. The fourth-order valence-electron chi connectivity index (χ4n) is 5.44. The first-order chi connectivity index (χ1) is 14.2. The summed E-state index contributed by atoms with van der Waals surface area (Å²) in [5.74, 6) is -1.29. The molecule has 0 saturated heterocycles. The van der Waals surface area contributed by atoms with Gasteiger partial charge in [0.05, 0.1) is 0 Å². The zero-order valence-electron chi connectivity index (χ0n) is 20.4. The third kappa shape index (κ3) is 5.58. The van der Waals surface area contributed by atoms with E-state index >= 15 is 0 Å². The van der Waals surface area contributed by atoms with Gasteiger partial charge in [-0.05, 0) is 0 Å². The molecule has 0 amide bonds. The van der Waals surface area contributed by atoms with Gasteiger partial charge in [-0.1, -0.05) is 0 Å². The Bertz CT molecular complexity index is 661. The molecule has 2 aliphatic rings. The van der Waals surface area contributed by atoms with Crippen molar-refractivity contribution in [3.8, 4) is 0 Å². The fourth-order valence-corrected chi connectivity index (χ4v) is 34.1. The Morgan fingerprint density at radius 3 is 1.40 bits per heavy atom. The average Bonchev–Trinajstić information content (AvgIpc) is 3.30. The van der Waals surface area contributed by atoms with Crippen molar-refractivity contribution < 1.29 is 15.6 Å². The van der Waals surface area contributed by atoms with Crippen LogP contribution in [0.4, 0.5) is 0 Å². The van der Waals surface area contributed by atoms with E-state index in [9.17, 15) is 0 Å². The SMILES string of the molecule is CCCCC1=C[CH]([Zr]([Cl])([Cl])([CH]2C=C(CCCC)C=C2CCC)[SiH](C)C)C(CCC)=C1. The molecular formula is C26H45Cl2SiZr. The van der Waals surface area contributed by atoms with E-state index in [1.165, 1.54) is 62.5 Å². The van der Waals surface area contributed by atoms with Crippen LogP contribution in [0.3, 0.4) is 0 Å². The van der Waals surface area contributed by atoms with Crippen LogP contribution >= 0.6 is 17.0 Å². The van der Waals surface area contributed by atoms with E-state index in [-0.39, 0.29) is 0 Å². The molecule has 0 nitrogen and oxygen atoms in total. The van der Waals surface area contributed by atoms with Gasteiger partial charge in [-0.2, -0.15) is 0 Å². The van der Waals surface area contributed by atoms with Gasteiger partial charge in [0, 0.05) is 0 Å². The number of rotatable bonds is 13. The number of halogens is 2. The zero-order valence-corrected chi connectivity index (χ0v) is 25.5. The van der Waals surface area contributed by atoms with Gasteiger partial charge in [0.1, 0.15) is 0 Å². The Labute approximate surface area is 196 Å². The molecular weight excluding hydrogens is 503 g/mol. The maximum absolute atomic E-state index is 8.07. The molecule has 0 heterocycles. The average molecular weight is 548 g/mol. The molecule has 0 spiro atoms. The topological polar surface area (TPSA) is 0 Å². The summed E-state index contributed by atoms with van der Waals surface area (Å²) in [4.78, 5) is 0. The van der Waals surface area contributed by atoms with E-state index in [1.807, 2.05) is 0 Å². The Morgan fingerprint density at radius 1 is 0.700 bits per heavy atom. The molecule has 2 unspecified atom stereocenters. The van der Waals surface area contributed by atoms with Crippen LogP contribution < -0.4 is 0 Å². The summed E-state index contributed by atoms with van der Waals surface area (Å²) in [6, 6.07) is 0. The maximum atomic E-state index is 8.07. The number of allylic oxidation sites excluding steroid dienone is 8. The van der Waals surface area contributed by atoms with Crippen LogP contribution in [0.25, 0.3) is 0 Å². The van der Waals surface area contributed by atoms with Crippen LogP contribution in [0.2, 0.25) is 20.3 Å². The fraction of sp³-hybridized carbons (Fsp3) is 0.692. The van der Waals surface area contributed by atoms with Crippen molar-refractivity contribution in [2.24, 2.45) is 0 Å². The van der Waals surface area contributed by atoms with E-state index in [0.717, 1.165) is 12.8 Å². The molecule has 0 radical (unpaired) electrons. The molecule has 4 heteroatoms. The predicted octanol–water partition coefficient (Wildman–Crippen LogP) is 10.3. The van der Waals surface area contributed by atoms with Gasteiger partial charge in [0.25, 0.3) is 0 Å². The van der Waals surface area contributed by atoms with Crippen LogP contribution in [-0.4, -0.2) is 5.92 Å². The van der Waals surface area contributed by atoms with E-state index in [1.54, 1.807) is 11.1 Å². The van der Waals surface area contributed by atoms with E-state index in [0.29, 0.717) is 7.25 Å². The minimum absolute atomic E-state index is 0.347. The molecule has 2 aliphatic carbocycles. The normalized spacial score (nSPS) is 23.2. The van der Waals surface area contributed by atoms with E-state index in [2.05, 4.69) is 65.1 Å². The molecule has 2 rings (SSSR count). The molecule has 2 atom stereocenters. The molecule has 0 aliphatic heterocycles. The molecule has 0 fully saturated rings. The van der Waals surface area contributed by atoms with Crippen LogP contribution in [0.15, 0.2) is 46.6 Å². The molecule has 0 aromatic rings. The van der Waals surface area contributed by atoms with Crippen LogP contribution in [0, 0.1) is 0 Å². The predicted molar refractivity (Wildman–Crippen MR) is 139 cm³/mol. The van der Waals surface area contributed by atoms with Crippen molar-refractivity contribution in [3.63, 3.8) is 0 Å². The first-order valence-electron chi connectivity index (χ1n) is 12.6. The molecule has 0 aromatic heterocycles. The second-order valence-corrected chi connectivity index (χ2v) is 52.7.